The van der Waals surface area contributed by atoms with E-state index in [4.69, 9.17) is 14.2 Å². The molecule has 2 aromatic carbocycles. The monoisotopic (exact) mass is 369 g/mol. The molecule has 0 saturated carbocycles. The van der Waals surface area contributed by atoms with Gasteiger partial charge in [0.15, 0.2) is 11.5 Å². The van der Waals surface area contributed by atoms with Crippen LogP contribution in [-0.4, -0.2) is 31.4 Å². The third-order valence-corrected chi connectivity index (χ3v) is 3.77. The SMILES string of the molecule is COc1ccccc1C(=O)N/N=C(\C)CC(=O)Nc1ccc2c(c1)OCO2. The molecule has 1 aliphatic heterocycles. The van der Waals surface area contributed by atoms with Crippen LogP contribution < -0.4 is 25.0 Å². The second kappa shape index (κ2) is 8.22. The summed E-state index contributed by atoms with van der Waals surface area (Å²) in [5.41, 5.74) is 3.84. The maximum Gasteiger partial charge on any atom is 0.275 e. The lowest BCUT2D eigenvalue weighted by Gasteiger charge is -2.08. The van der Waals surface area contributed by atoms with Gasteiger partial charge in [0.05, 0.1) is 19.1 Å². The number of carbonyl (C=O) groups is 2. The lowest BCUT2D eigenvalue weighted by molar-refractivity contribution is -0.115. The first-order valence-corrected chi connectivity index (χ1v) is 8.23. The van der Waals surface area contributed by atoms with Gasteiger partial charge in [0.1, 0.15) is 5.75 Å². The molecule has 0 unspecified atom stereocenters. The molecule has 8 heteroatoms. The van der Waals surface area contributed by atoms with Gasteiger partial charge in [-0.3, -0.25) is 9.59 Å². The van der Waals surface area contributed by atoms with Gasteiger partial charge >= 0.3 is 0 Å². The number of hydrogen-bond donors (Lipinski definition) is 2. The van der Waals surface area contributed by atoms with Crippen molar-refractivity contribution in [1.29, 1.82) is 0 Å². The van der Waals surface area contributed by atoms with Crippen LogP contribution in [0.15, 0.2) is 47.6 Å². The van der Waals surface area contributed by atoms with Crippen molar-refractivity contribution in [3.05, 3.63) is 48.0 Å². The van der Waals surface area contributed by atoms with E-state index in [0.717, 1.165) is 0 Å². The zero-order valence-electron chi connectivity index (χ0n) is 14.9. The lowest BCUT2D eigenvalue weighted by atomic mass is 10.2. The van der Waals surface area contributed by atoms with Crippen LogP contribution in [0.4, 0.5) is 5.69 Å². The van der Waals surface area contributed by atoms with Gasteiger partial charge in [-0.05, 0) is 31.2 Å². The highest BCUT2D eigenvalue weighted by Gasteiger charge is 2.15. The highest BCUT2D eigenvalue weighted by molar-refractivity contribution is 6.06. The molecule has 1 aliphatic rings. The molecule has 0 saturated heterocycles. The number of nitrogens with zero attached hydrogens (tertiary/aromatic N) is 1. The largest absolute Gasteiger partial charge is 0.496 e. The van der Waals surface area contributed by atoms with Gasteiger partial charge < -0.3 is 19.5 Å². The Bertz CT molecular complexity index is 895. The summed E-state index contributed by atoms with van der Waals surface area (Å²) < 4.78 is 15.6. The smallest absolute Gasteiger partial charge is 0.275 e. The molecule has 0 aliphatic carbocycles. The van der Waals surface area contributed by atoms with E-state index in [0.29, 0.717) is 34.2 Å². The number of rotatable bonds is 6. The molecule has 0 fully saturated rings. The van der Waals surface area contributed by atoms with Crippen molar-refractivity contribution in [2.45, 2.75) is 13.3 Å². The van der Waals surface area contributed by atoms with Crippen molar-refractivity contribution >= 4 is 23.2 Å². The standard InChI is InChI=1S/C19H19N3O5/c1-12(21-22-19(24)14-5-3-4-6-15(14)25-2)9-18(23)20-13-7-8-16-17(10-13)27-11-26-16/h3-8,10H,9,11H2,1-2H3,(H,20,23)(H,22,24)/b21-12+. The van der Waals surface area contributed by atoms with E-state index in [1.54, 1.807) is 49.4 Å². The number of fused-ring (bicyclic) bond motifs is 1. The van der Waals surface area contributed by atoms with Crippen LogP contribution in [0.5, 0.6) is 17.2 Å². The van der Waals surface area contributed by atoms with Crippen LogP contribution >= 0.6 is 0 Å². The predicted octanol–water partition coefficient (Wildman–Crippen LogP) is 2.56. The maximum absolute atomic E-state index is 12.2. The third-order valence-electron chi connectivity index (χ3n) is 3.77. The zero-order valence-corrected chi connectivity index (χ0v) is 14.9. The summed E-state index contributed by atoms with van der Waals surface area (Å²) in [6.45, 7) is 1.83. The second-order valence-electron chi connectivity index (χ2n) is 5.78. The van der Waals surface area contributed by atoms with Crippen LogP contribution in [0.25, 0.3) is 0 Å². The molecule has 3 rings (SSSR count). The fraction of sp³-hybridized carbons (Fsp3) is 0.211. The van der Waals surface area contributed by atoms with Crippen molar-refractivity contribution in [3.63, 3.8) is 0 Å². The number of benzene rings is 2. The summed E-state index contributed by atoms with van der Waals surface area (Å²) in [6, 6.07) is 12.0. The van der Waals surface area contributed by atoms with E-state index >= 15 is 0 Å². The summed E-state index contributed by atoms with van der Waals surface area (Å²) in [6.07, 6.45) is 0.0284. The van der Waals surface area contributed by atoms with Crippen molar-refractivity contribution in [2.24, 2.45) is 5.10 Å². The van der Waals surface area contributed by atoms with Gasteiger partial charge in [-0.1, -0.05) is 12.1 Å². The molecule has 8 nitrogen and oxygen atoms in total. The van der Waals surface area contributed by atoms with Crippen molar-refractivity contribution in [3.8, 4) is 17.2 Å². The quantitative estimate of drug-likeness (QED) is 0.602. The lowest BCUT2D eigenvalue weighted by Crippen LogP contribution is -2.22. The topological polar surface area (TPSA) is 98.2 Å². The average molecular weight is 369 g/mol. The first kappa shape index (κ1) is 18.2. The zero-order chi connectivity index (χ0) is 19.2. The molecule has 0 aromatic heterocycles. The summed E-state index contributed by atoms with van der Waals surface area (Å²) in [5.74, 6) is 1.00. The van der Waals surface area contributed by atoms with E-state index in [9.17, 15) is 9.59 Å². The molecule has 1 heterocycles. The fourth-order valence-corrected chi connectivity index (χ4v) is 2.49. The van der Waals surface area contributed by atoms with Crippen molar-refractivity contribution < 1.29 is 23.8 Å². The molecule has 140 valence electrons. The van der Waals surface area contributed by atoms with Crippen LogP contribution in [0, 0.1) is 0 Å². The van der Waals surface area contributed by atoms with Crippen LogP contribution in [0.2, 0.25) is 0 Å². The van der Waals surface area contributed by atoms with Crippen molar-refractivity contribution in [1.82, 2.24) is 5.43 Å². The number of anilines is 1. The Labute approximate surface area is 156 Å². The van der Waals surface area contributed by atoms with Crippen LogP contribution in [0.1, 0.15) is 23.7 Å². The molecule has 2 N–H and O–H groups in total. The van der Waals surface area contributed by atoms with E-state index in [-0.39, 0.29) is 19.1 Å². The Morgan fingerprint density at radius 3 is 2.74 bits per heavy atom. The minimum atomic E-state index is -0.414. The number of methoxy groups -OCH3 is 1. The van der Waals surface area contributed by atoms with E-state index in [1.165, 1.54) is 7.11 Å². The minimum Gasteiger partial charge on any atom is -0.496 e. The van der Waals surface area contributed by atoms with Gasteiger partial charge in [0.2, 0.25) is 12.7 Å². The van der Waals surface area contributed by atoms with E-state index < -0.39 is 5.91 Å². The number of para-hydroxylation sites is 1. The Morgan fingerprint density at radius 2 is 1.93 bits per heavy atom. The number of hydrazone groups is 1. The molecular formula is C19H19N3O5. The third kappa shape index (κ3) is 4.55. The van der Waals surface area contributed by atoms with Gasteiger partial charge in [0, 0.05) is 17.5 Å². The van der Waals surface area contributed by atoms with E-state index in [1.807, 2.05) is 0 Å². The highest BCUT2D eigenvalue weighted by Crippen LogP contribution is 2.34. The second-order valence-corrected chi connectivity index (χ2v) is 5.78. The molecule has 27 heavy (non-hydrogen) atoms. The van der Waals surface area contributed by atoms with Crippen LogP contribution in [-0.2, 0) is 4.79 Å². The number of carbonyl (C=O) groups excluding carboxylic acids is 2. The fourth-order valence-electron chi connectivity index (χ4n) is 2.49. The Hall–Kier alpha value is -3.55. The molecule has 0 atom stereocenters. The normalized spacial score (nSPS) is 12.4. The predicted molar refractivity (Wildman–Crippen MR) is 99.4 cm³/mol. The molecule has 2 amide bonds. The molecule has 0 spiro atoms. The van der Waals surface area contributed by atoms with Gasteiger partial charge in [-0.15, -0.1) is 0 Å². The number of nitrogens with one attached hydrogen (secondary N) is 2. The summed E-state index contributed by atoms with van der Waals surface area (Å²) in [7, 11) is 1.49. The Morgan fingerprint density at radius 1 is 1.15 bits per heavy atom. The van der Waals surface area contributed by atoms with Crippen LogP contribution in [0.3, 0.4) is 0 Å². The number of hydrogen-bond acceptors (Lipinski definition) is 6. The molecular weight excluding hydrogens is 350 g/mol. The number of ether oxygens (including phenoxy) is 3. The first-order chi connectivity index (χ1) is 13.1. The van der Waals surface area contributed by atoms with Gasteiger partial charge in [0.25, 0.3) is 5.91 Å². The highest BCUT2D eigenvalue weighted by atomic mass is 16.7. The van der Waals surface area contributed by atoms with Gasteiger partial charge in [-0.2, -0.15) is 5.10 Å². The van der Waals surface area contributed by atoms with Gasteiger partial charge in [-0.25, -0.2) is 5.43 Å². The van der Waals surface area contributed by atoms with E-state index in [2.05, 4.69) is 15.8 Å². The molecule has 2 aromatic rings. The number of amides is 2. The van der Waals surface area contributed by atoms with Crippen molar-refractivity contribution in [2.75, 3.05) is 19.2 Å². The summed E-state index contributed by atoms with van der Waals surface area (Å²) >= 11 is 0. The molecule has 0 radical (unpaired) electrons. The summed E-state index contributed by atoms with van der Waals surface area (Å²) in [5, 5.41) is 6.72. The maximum atomic E-state index is 12.2. The average Bonchev–Trinajstić information content (AvgIpc) is 3.13. The summed E-state index contributed by atoms with van der Waals surface area (Å²) in [4.78, 5) is 24.3. The Balaban J connectivity index is 1.55. The molecule has 0 bridgehead atoms. The first-order valence-electron chi connectivity index (χ1n) is 8.23. The Kier molecular flexibility index (Phi) is 5.55. The minimum absolute atomic E-state index is 0.0284.